The van der Waals surface area contributed by atoms with Gasteiger partial charge in [-0.15, -0.1) is 0 Å². The molecule has 0 spiro atoms. The van der Waals surface area contributed by atoms with Crippen molar-refractivity contribution in [2.45, 2.75) is 0 Å². The molecule has 0 fully saturated rings. The average Bonchev–Trinajstić information content (AvgIpc) is 2.32. The van der Waals surface area contributed by atoms with Crippen LogP contribution >= 0.6 is 16.1 Å². The lowest BCUT2D eigenvalue weighted by atomic mass is 10.2. The Morgan fingerprint density at radius 3 is 2.85 bits per heavy atom. The van der Waals surface area contributed by atoms with Crippen molar-refractivity contribution in [3.05, 3.63) is 34.4 Å². The van der Waals surface area contributed by atoms with Crippen LogP contribution in [0.25, 0.3) is 10.9 Å². The van der Waals surface area contributed by atoms with E-state index in [0.29, 0.717) is 10.9 Å². The van der Waals surface area contributed by atoms with Gasteiger partial charge in [0.15, 0.2) is 0 Å². The highest BCUT2D eigenvalue weighted by Gasteiger charge is 2.08. The Balaban J connectivity index is 3.04. The molecular formula is C8H6BrFN2O. The van der Waals surface area contributed by atoms with Gasteiger partial charge in [-0.2, -0.15) is 0 Å². The molecule has 0 N–H and O–H groups in total. The molecule has 0 atom stereocenters. The Labute approximate surface area is 81.7 Å². The number of halogens is 2. The predicted molar refractivity (Wildman–Crippen MR) is 51.5 cm³/mol. The van der Waals surface area contributed by atoms with Crippen LogP contribution in [0.3, 0.4) is 0 Å². The molecule has 2 rings (SSSR count). The third-order valence-corrected chi connectivity index (χ3v) is 2.80. The van der Waals surface area contributed by atoms with Crippen molar-refractivity contribution < 1.29 is 4.39 Å². The van der Waals surface area contributed by atoms with E-state index in [4.69, 9.17) is 0 Å². The van der Waals surface area contributed by atoms with Crippen LogP contribution in [0.1, 0.15) is 0 Å². The van der Waals surface area contributed by atoms with Gasteiger partial charge in [0.2, 0.25) is 0 Å². The fraction of sp³-hybridized carbons (Fsp3) is 0.125. The second-order valence-corrected chi connectivity index (χ2v) is 3.42. The smallest absolute Gasteiger partial charge is 0.267 e. The summed E-state index contributed by atoms with van der Waals surface area (Å²) in [6.45, 7) is 0. The molecule has 1 aromatic carbocycles. The van der Waals surface area contributed by atoms with Crippen LogP contribution in [0.5, 0.6) is 0 Å². The maximum atomic E-state index is 12.8. The SMILES string of the molecule is Cn1c(=O)c2cc(F)ccc2n1Br. The molecule has 0 radical (unpaired) electrons. The predicted octanol–water partition coefficient (Wildman–Crippen LogP) is 1.64. The fourth-order valence-corrected chi connectivity index (χ4v) is 1.71. The minimum Gasteiger partial charge on any atom is -0.267 e. The minimum atomic E-state index is -0.400. The first kappa shape index (κ1) is 8.50. The molecule has 3 nitrogen and oxygen atoms in total. The lowest BCUT2D eigenvalue weighted by molar-refractivity contribution is 0.629. The monoisotopic (exact) mass is 244 g/mol. The lowest BCUT2D eigenvalue weighted by Gasteiger charge is -1.95. The summed E-state index contributed by atoms with van der Waals surface area (Å²) in [5.74, 6) is -0.400. The maximum absolute atomic E-state index is 12.8. The summed E-state index contributed by atoms with van der Waals surface area (Å²) in [7, 11) is 1.61. The van der Waals surface area contributed by atoms with Gasteiger partial charge in [-0.3, -0.25) is 4.79 Å². The van der Waals surface area contributed by atoms with Crippen molar-refractivity contribution in [1.82, 2.24) is 8.39 Å². The number of fused-ring (bicyclic) bond motifs is 1. The molecule has 1 heterocycles. The van der Waals surface area contributed by atoms with Crippen LogP contribution in [0, 0.1) is 5.82 Å². The van der Waals surface area contributed by atoms with E-state index in [9.17, 15) is 9.18 Å². The molecule has 0 unspecified atom stereocenters. The number of hydrogen-bond acceptors (Lipinski definition) is 1. The highest BCUT2D eigenvalue weighted by Crippen LogP contribution is 2.14. The highest BCUT2D eigenvalue weighted by atomic mass is 79.9. The number of nitrogens with zero attached hydrogens (tertiary/aromatic N) is 2. The fourth-order valence-electron chi connectivity index (χ4n) is 1.26. The van der Waals surface area contributed by atoms with E-state index in [-0.39, 0.29) is 5.56 Å². The summed E-state index contributed by atoms with van der Waals surface area (Å²) in [5.41, 5.74) is 0.445. The highest BCUT2D eigenvalue weighted by molar-refractivity contribution is 9.08. The Kier molecular flexibility index (Phi) is 1.76. The van der Waals surface area contributed by atoms with Crippen LogP contribution in [0.4, 0.5) is 4.39 Å². The van der Waals surface area contributed by atoms with Gasteiger partial charge in [-0.25, -0.2) is 12.8 Å². The molecule has 5 heteroatoms. The standard InChI is InChI=1S/C8H6BrFN2O/c1-11-8(13)6-4-5(10)2-3-7(6)12(11)9/h2-4H,1H3. The molecule has 68 valence electrons. The van der Waals surface area contributed by atoms with Crippen LogP contribution < -0.4 is 5.56 Å². The van der Waals surface area contributed by atoms with Gasteiger partial charge in [0, 0.05) is 7.05 Å². The third kappa shape index (κ3) is 1.11. The van der Waals surface area contributed by atoms with Crippen molar-refractivity contribution in [2.75, 3.05) is 0 Å². The first-order valence-corrected chi connectivity index (χ1v) is 4.35. The van der Waals surface area contributed by atoms with Crippen molar-refractivity contribution in [3.63, 3.8) is 0 Å². The second-order valence-electron chi connectivity index (χ2n) is 2.75. The topological polar surface area (TPSA) is 26.9 Å². The first-order valence-electron chi connectivity index (χ1n) is 3.64. The van der Waals surface area contributed by atoms with Crippen molar-refractivity contribution in [3.8, 4) is 0 Å². The molecule has 0 aliphatic rings. The molecule has 0 saturated heterocycles. The third-order valence-electron chi connectivity index (χ3n) is 1.95. The molecule has 2 aromatic rings. The first-order chi connectivity index (χ1) is 6.11. The zero-order chi connectivity index (χ0) is 9.59. The molecule has 0 aliphatic heterocycles. The van der Waals surface area contributed by atoms with Gasteiger partial charge >= 0.3 is 0 Å². The summed E-state index contributed by atoms with van der Waals surface area (Å²) in [6, 6.07) is 4.11. The Morgan fingerprint density at radius 2 is 2.15 bits per heavy atom. The Bertz CT molecular complexity index is 529. The van der Waals surface area contributed by atoms with Crippen LogP contribution in [0.2, 0.25) is 0 Å². The largest absolute Gasteiger partial charge is 0.275 e. The Hall–Kier alpha value is -1.10. The number of rotatable bonds is 0. The summed E-state index contributed by atoms with van der Waals surface area (Å²) >= 11 is 3.18. The normalized spacial score (nSPS) is 11.0. The zero-order valence-electron chi connectivity index (χ0n) is 6.79. The van der Waals surface area contributed by atoms with Crippen LogP contribution in [-0.2, 0) is 7.05 Å². The van der Waals surface area contributed by atoms with Gasteiger partial charge in [0.05, 0.1) is 27.1 Å². The lowest BCUT2D eigenvalue weighted by Crippen LogP contribution is -2.14. The summed E-state index contributed by atoms with van der Waals surface area (Å²) in [4.78, 5) is 11.4. The van der Waals surface area contributed by atoms with Gasteiger partial charge in [-0.05, 0) is 18.2 Å². The maximum Gasteiger partial charge on any atom is 0.275 e. The van der Waals surface area contributed by atoms with Gasteiger partial charge in [0.25, 0.3) is 5.56 Å². The quantitative estimate of drug-likeness (QED) is 0.693. The van der Waals surface area contributed by atoms with Crippen molar-refractivity contribution >= 4 is 27.1 Å². The summed E-state index contributed by atoms with van der Waals surface area (Å²) in [6.07, 6.45) is 0. The summed E-state index contributed by atoms with van der Waals surface area (Å²) < 4.78 is 15.7. The van der Waals surface area contributed by atoms with E-state index in [2.05, 4.69) is 16.1 Å². The van der Waals surface area contributed by atoms with E-state index in [1.54, 1.807) is 13.1 Å². The zero-order valence-corrected chi connectivity index (χ0v) is 8.38. The van der Waals surface area contributed by atoms with Crippen molar-refractivity contribution in [1.29, 1.82) is 0 Å². The van der Waals surface area contributed by atoms with Crippen LogP contribution in [0.15, 0.2) is 23.0 Å². The molecule has 0 bridgehead atoms. The second kappa shape index (κ2) is 2.70. The van der Waals surface area contributed by atoms with E-state index >= 15 is 0 Å². The average molecular weight is 245 g/mol. The van der Waals surface area contributed by atoms with Crippen molar-refractivity contribution in [2.24, 2.45) is 7.05 Å². The Morgan fingerprint density at radius 1 is 1.46 bits per heavy atom. The van der Waals surface area contributed by atoms with E-state index < -0.39 is 5.82 Å². The molecule has 0 saturated carbocycles. The van der Waals surface area contributed by atoms with Gasteiger partial charge in [-0.1, -0.05) is 0 Å². The van der Waals surface area contributed by atoms with Gasteiger partial charge < -0.3 is 0 Å². The van der Waals surface area contributed by atoms with E-state index in [0.717, 1.165) is 0 Å². The molecule has 0 aliphatic carbocycles. The minimum absolute atomic E-state index is 0.216. The summed E-state index contributed by atoms with van der Waals surface area (Å²) in [5, 5.41) is 0.374. The van der Waals surface area contributed by atoms with Crippen LogP contribution in [-0.4, -0.2) is 8.39 Å². The van der Waals surface area contributed by atoms with E-state index in [1.165, 1.54) is 20.5 Å². The number of hydrogen-bond donors (Lipinski definition) is 0. The molecule has 0 amide bonds. The molecular weight excluding hydrogens is 239 g/mol. The molecule has 1 aromatic heterocycles. The van der Waals surface area contributed by atoms with E-state index in [1.807, 2.05) is 0 Å². The number of benzene rings is 1. The number of aromatic nitrogens is 2. The van der Waals surface area contributed by atoms with Gasteiger partial charge in [0.1, 0.15) is 5.82 Å². The molecule has 13 heavy (non-hydrogen) atoms.